The summed E-state index contributed by atoms with van der Waals surface area (Å²) in [6.07, 6.45) is 0. The van der Waals surface area contributed by atoms with Crippen molar-refractivity contribution in [3.63, 3.8) is 0 Å². The van der Waals surface area contributed by atoms with Crippen molar-refractivity contribution in [2.45, 2.75) is 13.8 Å². The third-order valence-corrected chi connectivity index (χ3v) is 1.92. The Balaban J connectivity index is 3.03. The van der Waals surface area contributed by atoms with Crippen molar-refractivity contribution in [2.24, 2.45) is 5.73 Å². The standard InChI is InChI=1S/C12H14N2O5/c1-7(15)18-10-4-3-9(14-12(17)6-13)5-11(10)19-8(2)16/h3-5H,6,13H2,1-2H3,(H,14,17). The van der Waals surface area contributed by atoms with Crippen molar-refractivity contribution in [1.82, 2.24) is 0 Å². The molecule has 19 heavy (non-hydrogen) atoms. The van der Waals surface area contributed by atoms with Crippen LogP contribution in [0.3, 0.4) is 0 Å². The van der Waals surface area contributed by atoms with E-state index in [9.17, 15) is 14.4 Å². The van der Waals surface area contributed by atoms with Crippen LogP contribution in [0.15, 0.2) is 18.2 Å². The van der Waals surface area contributed by atoms with Gasteiger partial charge in [0.2, 0.25) is 5.91 Å². The first kappa shape index (κ1) is 14.7. The van der Waals surface area contributed by atoms with E-state index >= 15 is 0 Å². The maximum Gasteiger partial charge on any atom is 0.308 e. The molecule has 7 heteroatoms. The van der Waals surface area contributed by atoms with Gasteiger partial charge in [-0.2, -0.15) is 0 Å². The fourth-order valence-corrected chi connectivity index (χ4v) is 1.27. The summed E-state index contributed by atoms with van der Waals surface area (Å²) >= 11 is 0. The number of hydrogen-bond donors (Lipinski definition) is 2. The minimum atomic E-state index is -0.573. The Kier molecular flexibility index (Phi) is 5.01. The Hall–Kier alpha value is -2.41. The molecule has 0 aliphatic carbocycles. The Morgan fingerprint density at radius 1 is 1.11 bits per heavy atom. The van der Waals surface area contributed by atoms with Gasteiger partial charge in [-0.3, -0.25) is 14.4 Å². The zero-order valence-electron chi connectivity index (χ0n) is 10.6. The number of nitrogens with two attached hydrogens (primary N) is 1. The smallest absolute Gasteiger partial charge is 0.308 e. The number of nitrogens with one attached hydrogen (secondary N) is 1. The number of carbonyl (C=O) groups is 3. The third kappa shape index (κ3) is 4.76. The molecule has 0 aromatic heterocycles. The summed E-state index contributed by atoms with van der Waals surface area (Å²) in [5, 5.41) is 2.49. The van der Waals surface area contributed by atoms with Crippen LogP contribution in [-0.2, 0) is 14.4 Å². The summed E-state index contributed by atoms with van der Waals surface area (Å²) in [7, 11) is 0. The Bertz CT molecular complexity index is 513. The van der Waals surface area contributed by atoms with Crippen molar-refractivity contribution in [3.05, 3.63) is 18.2 Å². The van der Waals surface area contributed by atoms with E-state index in [4.69, 9.17) is 15.2 Å². The minimum absolute atomic E-state index is 0.0394. The highest BCUT2D eigenvalue weighted by Crippen LogP contribution is 2.30. The molecule has 0 unspecified atom stereocenters. The first-order chi connectivity index (χ1) is 8.92. The number of carbonyl (C=O) groups excluding carboxylic acids is 3. The molecule has 1 amide bonds. The highest BCUT2D eigenvalue weighted by molar-refractivity contribution is 5.92. The SMILES string of the molecule is CC(=O)Oc1ccc(NC(=O)CN)cc1OC(C)=O. The molecule has 0 heterocycles. The lowest BCUT2D eigenvalue weighted by atomic mass is 10.2. The second kappa shape index (κ2) is 6.50. The van der Waals surface area contributed by atoms with Crippen molar-refractivity contribution in [1.29, 1.82) is 0 Å². The van der Waals surface area contributed by atoms with E-state index in [0.717, 1.165) is 0 Å². The van der Waals surface area contributed by atoms with Crippen LogP contribution < -0.4 is 20.5 Å². The molecule has 0 bridgehead atoms. The highest BCUT2D eigenvalue weighted by Gasteiger charge is 2.12. The molecule has 0 saturated heterocycles. The minimum Gasteiger partial charge on any atom is -0.423 e. The molecule has 0 aliphatic rings. The van der Waals surface area contributed by atoms with E-state index in [1.54, 1.807) is 0 Å². The van der Waals surface area contributed by atoms with Gasteiger partial charge in [0.15, 0.2) is 11.5 Å². The highest BCUT2D eigenvalue weighted by atomic mass is 16.6. The average molecular weight is 266 g/mol. The number of rotatable bonds is 4. The molecule has 0 fully saturated rings. The fraction of sp³-hybridized carbons (Fsp3) is 0.250. The van der Waals surface area contributed by atoms with Gasteiger partial charge in [0, 0.05) is 25.6 Å². The van der Waals surface area contributed by atoms with E-state index in [2.05, 4.69) is 5.32 Å². The van der Waals surface area contributed by atoms with Gasteiger partial charge < -0.3 is 20.5 Å². The molecule has 0 saturated carbocycles. The number of esters is 2. The molecule has 7 nitrogen and oxygen atoms in total. The Labute approximate surface area is 109 Å². The van der Waals surface area contributed by atoms with Crippen LogP contribution in [-0.4, -0.2) is 24.4 Å². The van der Waals surface area contributed by atoms with E-state index in [-0.39, 0.29) is 18.0 Å². The normalized spacial score (nSPS) is 9.63. The first-order valence-electron chi connectivity index (χ1n) is 5.43. The van der Waals surface area contributed by atoms with Crippen LogP contribution in [0.4, 0.5) is 5.69 Å². The van der Waals surface area contributed by atoms with Crippen LogP contribution in [0.1, 0.15) is 13.8 Å². The molecule has 0 atom stereocenters. The number of amides is 1. The molecular formula is C12H14N2O5. The zero-order valence-corrected chi connectivity index (χ0v) is 10.6. The van der Waals surface area contributed by atoms with Gasteiger partial charge in [0.05, 0.1) is 6.54 Å². The van der Waals surface area contributed by atoms with Gasteiger partial charge in [-0.15, -0.1) is 0 Å². The fourth-order valence-electron chi connectivity index (χ4n) is 1.27. The first-order valence-corrected chi connectivity index (χ1v) is 5.43. The largest absolute Gasteiger partial charge is 0.423 e. The van der Waals surface area contributed by atoms with Crippen molar-refractivity contribution in [2.75, 3.05) is 11.9 Å². The number of ether oxygens (including phenoxy) is 2. The summed E-state index contributed by atoms with van der Waals surface area (Å²) in [5.74, 6) is -1.39. The molecule has 102 valence electrons. The Morgan fingerprint density at radius 3 is 2.21 bits per heavy atom. The lowest BCUT2D eigenvalue weighted by Gasteiger charge is -2.11. The van der Waals surface area contributed by atoms with Crippen molar-refractivity contribution in [3.8, 4) is 11.5 Å². The van der Waals surface area contributed by atoms with Gasteiger partial charge in [-0.25, -0.2) is 0 Å². The zero-order chi connectivity index (χ0) is 14.4. The maximum atomic E-state index is 11.1. The number of benzene rings is 1. The summed E-state index contributed by atoms with van der Waals surface area (Å²) in [4.78, 5) is 33.0. The summed E-state index contributed by atoms with van der Waals surface area (Å²) in [6.45, 7) is 2.26. The molecule has 0 spiro atoms. The maximum absolute atomic E-state index is 11.1. The van der Waals surface area contributed by atoms with Crippen LogP contribution in [0.2, 0.25) is 0 Å². The Morgan fingerprint density at radius 2 is 1.68 bits per heavy atom. The summed E-state index contributed by atoms with van der Waals surface area (Å²) < 4.78 is 9.78. The average Bonchev–Trinajstić information content (AvgIpc) is 2.31. The molecule has 1 rings (SSSR count). The predicted molar refractivity (Wildman–Crippen MR) is 66.7 cm³/mol. The number of hydrogen-bond acceptors (Lipinski definition) is 6. The van der Waals surface area contributed by atoms with Crippen LogP contribution in [0.25, 0.3) is 0 Å². The van der Waals surface area contributed by atoms with Crippen LogP contribution in [0.5, 0.6) is 11.5 Å². The van der Waals surface area contributed by atoms with Gasteiger partial charge in [0.25, 0.3) is 0 Å². The van der Waals surface area contributed by atoms with Gasteiger partial charge in [-0.1, -0.05) is 0 Å². The number of anilines is 1. The topological polar surface area (TPSA) is 108 Å². The predicted octanol–water partition coefficient (Wildman–Crippen LogP) is 0.434. The lowest BCUT2D eigenvalue weighted by Crippen LogP contribution is -2.21. The van der Waals surface area contributed by atoms with E-state index in [1.807, 2.05) is 0 Å². The second-order valence-electron chi connectivity index (χ2n) is 3.60. The molecule has 0 aliphatic heterocycles. The lowest BCUT2D eigenvalue weighted by molar-refractivity contribution is -0.134. The monoisotopic (exact) mass is 266 g/mol. The van der Waals surface area contributed by atoms with Gasteiger partial charge in [0.1, 0.15) is 0 Å². The van der Waals surface area contributed by atoms with Gasteiger partial charge >= 0.3 is 11.9 Å². The van der Waals surface area contributed by atoms with Gasteiger partial charge in [-0.05, 0) is 12.1 Å². The quantitative estimate of drug-likeness (QED) is 0.604. The molecule has 3 N–H and O–H groups in total. The third-order valence-electron chi connectivity index (χ3n) is 1.92. The molecule has 0 radical (unpaired) electrons. The van der Waals surface area contributed by atoms with Crippen molar-refractivity contribution >= 4 is 23.5 Å². The molecular weight excluding hydrogens is 252 g/mol. The summed E-state index contributed by atoms with van der Waals surface area (Å²) in [5.41, 5.74) is 5.55. The van der Waals surface area contributed by atoms with E-state index in [0.29, 0.717) is 5.69 Å². The van der Waals surface area contributed by atoms with Crippen LogP contribution in [0, 0.1) is 0 Å². The summed E-state index contributed by atoms with van der Waals surface area (Å²) in [6, 6.07) is 4.28. The molecule has 1 aromatic carbocycles. The van der Waals surface area contributed by atoms with E-state index < -0.39 is 17.8 Å². The van der Waals surface area contributed by atoms with Crippen LogP contribution >= 0.6 is 0 Å². The van der Waals surface area contributed by atoms with Crippen molar-refractivity contribution < 1.29 is 23.9 Å². The molecule has 1 aromatic rings. The second-order valence-corrected chi connectivity index (χ2v) is 3.60. The van der Waals surface area contributed by atoms with E-state index in [1.165, 1.54) is 32.0 Å².